The highest BCUT2D eigenvalue weighted by Crippen LogP contribution is 2.30. The van der Waals surface area contributed by atoms with E-state index in [9.17, 15) is 9.18 Å². The van der Waals surface area contributed by atoms with Crippen LogP contribution in [0.4, 0.5) is 4.39 Å². The second-order valence-electron chi connectivity index (χ2n) is 8.43. The monoisotopic (exact) mass is 447 g/mol. The van der Waals surface area contributed by atoms with Crippen molar-refractivity contribution < 1.29 is 13.9 Å². The minimum atomic E-state index is -0.369. The Labute approximate surface area is 194 Å². The number of aromatic nitrogens is 1. The van der Waals surface area contributed by atoms with Gasteiger partial charge in [-0.2, -0.15) is 0 Å². The summed E-state index contributed by atoms with van der Waals surface area (Å²) in [4.78, 5) is 20.1. The van der Waals surface area contributed by atoms with E-state index in [0.29, 0.717) is 0 Å². The number of likely N-dealkylation sites (tertiary alicyclic amines) is 1. The van der Waals surface area contributed by atoms with Crippen molar-refractivity contribution >= 4 is 5.91 Å². The smallest absolute Gasteiger partial charge is 0.224 e. The summed E-state index contributed by atoms with van der Waals surface area (Å²) in [5, 5.41) is 3.24. The molecule has 1 aliphatic heterocycles. The van der Waals surface area contributed by atoms with Crippen LogP contribution >= 0.6 is 0 Å². The molecule has 0 spiro atoms. The van der Waals surface area contributed by atoms with Crippen LogP contribution < -0.4 is 10.1 Å². The second kappa shape index (κ2) is 11.1. The number of nitrogens with zero attached hydrogens (tertiary/aromatic N) is 2. The lowest BCUT2D eigenvalue weighted by Crippen LogP contribution is -2.42. The van der Waals surface area contributed by atoms with Crippen LogP contribution in [0.5, 0.6) is 5.75 Å². The third kappa shape index (κ3) is 5.96. The average Bonchev–Trinajstić information content (AvgIpc) is 2.87. The van der Waals surface area contributed by atoms with E-state index < -0.39 is 0 Å². The molecule has 1 aromatic heterocycles. The molecular formula is C27H30FN3O2. The molecule has 0 aliphatic carbocycles. The van der Waals surface area contributed by atoms with Crippen LogP contribution in [0.25, 0.3) is 0 Å². The molecule has 1 unspecified atom stereocenters. The molecular weight excluding hydrogens is 417 g/mol. The average molecular weight is 448 g/mol. The Bertz CT molecular complexity index is 1030. The number of rotatable bonds is 8. The van der Waals surface area contributed by atoms with Gasteiger partial charge in [0.15, 0.2) is 0 Å². The first kappa shape index (κ1) is 22.9. The maximum Gasteiger partial charge on any atom is 0.224 e. The lowest BCUT2D eigenvalue weighted by Gasteiger charge is -2.32. The molecule has 33 heavy (non-hydrogen) atoms. The summed E-state index contributed by atoms with van der Waals surface area (Å²) in [5.41, 5.74) is 2.81. The van der Waals surface area contributed by atoms with Crippen LogP contribution in [0.1, 0.15) is 35.7 Å². The van der Waals surface area contributed by atoms with Gasteiger partial charge in [0.25, 0.3) is 0 Å². The SMILES string of the molecule is COc1ccccc1C(NC(=O)C1CCN(CCc2ccc(F)cc2)CC1)c1ccccn1. The second-order valence-corrected chi connectivity index (χ2v) is 8.43. The largest absolute Gasteiger partial charge is 0.496 e. The van der Waals surface area contributed by atoms with Gasteiger partial charge in [0, 0.05) is 24.2 Å². The highest BCUT2D eigenvalue weighted by molar-refractivity contribution is 5.79. The molecule has 2 heterocycles. The van der Waals surface area contributed by atoms with E-state index in [2.05, 4.69) is 15.2 Å². The van der Waals surface area contributed by atoms with Crippen molar-refractivity contribution in [2.24, 2.45) is 5.92 Å². The molecule has 4 rings (SSSR count). The summed E-state index contributed by atoms with van der Waals surface area (Å²) in [7, 11) is 1.64. The number of para-hydroxylation sites is 1. The summed E-state index contributed by atoms with van der Waals surface area (Å²) < 4.78 is 18.6. The Morgan fingerprint density at radius 2 is 1.82 bits per heavy atom. The Balaban J connectivity index is 1.37. The Morgan fingerprint density at radius 1 is 1.09 bits per heavy atom. The van der Waals surface area contributed by atoms with Gasteiger partial charge < -0.3 is 15.0 Å². The molecule has 0 radical (unpaired) electrons. The number of amides is 1. The van der Waals surface area contributed by atoms with Gasteiger partial charge in [-0.15, -0.1) is 0 Å². The zero-order valence-corrected chi connectivity index (χ0v) is 18.9. The number of carbonyl (C=O) groups is 1. The highest BCUT2D eigenvalue weighted by atomic mass is 19.1. The number of hydrogen-bond donors (Lipinski definition) is 1. The third-order valence-electron chi connectivity index (χ3n) is 6.31. The first-order valence-corrected chi connectivity index (χ1v) is 11.4. The van der Waals surface area contributed by atoms with Gasteiger partial charge in [-0.3, -0.25) is 9.78 Å². The van der Waals surface area contributed by atoms with Crippen molar-refractivity contribution in [2.75, 3.05) is 26.7 Å². The number of nitrogens with one attached hydrogen (secondary N) is 1. The highest BCUT2D eigenvalue weighted by Gasteiger charge is 2.28. The lowest BCUT2D eigenvalue weighted by molar-refractivity contribution is -0.127. The summed E-state index contributed by atoms with van der Waals surface area (Å²) in [6, 6.07) is 19.8. The quantitative estimate of drug-likeness (QED) is 0.557. The van der Waals surface area contributed by atoms with Crippen molar-refractivity contribution in [3.05, 3.63) is 95.6 Å². The van der Waals surface area contributed by atoms with Crippen molar-refractivity contribution in [1.29, 1.82) is 0 Å². The van der Waals surface area contributed by atoms with Crippen molar-refractivity contribution in [1.82, 2.24) is 15.2 Å². The fourth-order valence-corrected chi connectivity index (χ4v) is 4.38. The minimum Gasteiger partial charge on any atom is -0.496 e. The molecule has 0 bridgehead atoms. The molecule has 172 valence electrons. The van der Waals surface area contributed by atoms with Crippen molar-refractivity contribution in [3.8, 4) is 5.75 Å². The van der Waals surface area contributed by atoms with Gasteiger partial charge in [0.1, 0.15) is 11.6 Å². The van der Waals surface area contributed by atoms with E-state index in [1.165, 1.54) is 12.1 Å². The minimum absolute atomic E-state index is 0.0343. The molecule has 3 aromatic rings. The van der Waals surface area contributed by atoms with Gasteiger partial charge in [-0.1, -0.05) is 36.4 Å². The zero-order chi connectivity index (χ0) is 23.0. The van der Waals surface area contributed by atoms with E-state index in [4.69, 9.17) is 4.74 Å². The maximum atomic E-state index is 13.2. The van der Waals surface area contributed by atoms with Crippen molar-refractivity contribution in [3.63, 3.8) is 0 Å². The van der Waals surface area contributed by atoms with Crippen LogP contribution in [-0.2, 0) is 11.2 Å². The van der Waals surface area contributed by atoms with E-state index in [1.807, 2.05) is 54.6 Å². The van der Waals surface area contributed by atoms with Gasteiger partial charge in [-0.05, 0) is 68.2 Å². The molecule has 1 fully saturated rings. The van der Waals surface area contributed by atoms with Crippen LogP contribution in [-0.4, -0.2) is 42.5 Å². The number of methoxy groups -OCH3 is 1. The number of pyridine rings is 1. The first-order valence-electron chi connectivity index (χ1n) is 11.4. The topological polar surface area (TPSA) is 54.5 Å². The van der Waals surface area contributed by atoms with Crippen LogP contribution in [0.3, 0.4) is 0 Å². The standard InChI is InChI=1S/C27H30FN3O2/c1-33-25-8-3-2-6-23(25)26(24-7-4-5-16-29-24)30-27(32)21-14-18-31(19-15-21)17-13-20-9-11-22(28)12-10-20/h2-12,16,21,26H,13-15,17-19H2,1H3,(H,30,32). The van der Waals surface area contributed by atoms with Crippen molar-refractivity contribution in [2.45, 2.75) is 25.3 Å². The zero-order valence-electron chi connectivity index (χ0n) is 18.9. The normalized spacial score (nSPS) is 15.7. The lowest BCUT2D eigenvalue weighted by atomic mass is 9.94. The van der Waals surface area contributed by atoms with Crippen LogP contribution in [0.2, 0.25) is 0 Å². The molecule has 0 saturated carbocycles. The van der Waals surface area contributed by atoms with Gasteiger partial charge in [0.2, 0.25) is 5.91 Å². The number of halogens is 1. The molecule has 6 heteroatoms. The fourth-order valence-electron chi connectivity index (χ4n) is 4.38. The number of piperidine rings is 1. The summed E-state index contributed by atoms with van der Waals surface area (Å²) in [5.74, 6) is 0.537. The molecule has 1 saturated heterocycles. The van der Waals surface area contributed by atoms with Crippen LogP contribution in [0, 0.1) is 11.7 Å². The molecule has 1 aliphatic rings. The van der Waals surface area contributed by atoms with Gasteiger partial charge >= 0.3 is 0 Å². The van der Waals surface area contributed by atoms with Crippen LogP contribution in [0.15, 0.2) is 72.9 Å². The molecule has 1 N–H and O–H groups in total. The number of benzene rings is 2. The van der Waals surface area contributed by atoms with E-state index in [-0.39, 0.29) is 23.7 Å². The fraction of sp³-hybridized carbons (Fsp3) is 0.333. The number of ether oxygens (including phenoxy) is 1. The predicted molar refractivity (Wildman–Crippen MR) is 126 cm³/mol. The number of carbonyl (C=O) groups excluding carboxylic acids is 1. The van der Waals surface area contributed by atoms with E-state index in [1.54, 1.807) is 13.3 Å². The first-order chi connectivity index (χ1) is 16.1. The van der Waals surface area contributed by atoms with E-state index in [0.717, 1.165) is 61.5 Å². The molecule has 1 atom stereocenters. The Kier molecular flexibility index (Phi) is 7.68. The van der Waals surface area contributed by atoms with Gasteiger partial charge in [0.05, 0.1) is 18.8 Å². The summed E-state index contributed by atoms with van der Waals surface area (Å²) in [6.07, 6.45) is 4.25. The molecule has 5 nitrogen and oxygen atoms in total. The number of hydrogen-bond acceptors (Lipinski definition) is 4. The third-order valence-corrected chi connectivity index (χ3v) is 6.31. The predicted octanol–water partition coefficient (Wildman–Crippen LogP) is 4.39. The van der Waals surface area contributed by atoms with E-state index >= 15 is 0 Å². The Hall–Kier alpha value is -3.25. The summed E-state index contributed by atoms with van der Waals surface area (Å²) in [6.45, 7) is 2.67. The van der Waals surface area contributed by atoms with Gasteiger partial charge in [-0.25, -0.2) is 4.39 Å². The molecule has 1 amide bonds. The Morgan fingerprint density at radius 3 is 2.52 bits per heavy atom. The molecule has 2 aromatic carbocycles. The maximum absolute atomic E-state index is 13.2. The summed E-state index contributed by atoms with van der Waals surface area (Å²) >= 11 is 0.